The third-order valence-electron chi connectivity index (χ3n) is 3.78. The Balaban J connectivity index is 2.05. The van der Waals surface area contributed by atoms with Crippen molar-refractivity contribution in [3.05, 3.63) is 35.9 Å². The van der Waals surface area contributed by atoms with E-state index in [2.05, 4.69) is 0 Å². The normalized spacial score (nSPS) is 28.0. The number of hydrogen-bond donors (Lipinski definition) is 1. The average Bonchev–Trinajstić information content (AvgIpc) is 2.42. The van der Waals surface area contributed by atoms with Crippen molar-refractivity contribution in [2.45, 2.75) is 37.9 Å². The van der Waals surface area contributed by atoms with E-state index < -0.39 is 6.10 Å². The molecule has 0 aromatic heterocycles. The molecule has 3 heteroatoms. The van der Waals surface area contributed by atoms with Crippen LogP contribution in [-0.2, 0) is 4.74 Å². The van der Waals surface area contributed by atoms with Gasteiger partial charge in [-0.05, 0) is 19.3 Å². The third kappa shape index (κ3) is 2.98. The Morgan fingerprint density at radius 1 is 1.33 bits per heavy atom. The quantitative estimate of drug-likeness (QED) is 0.832. The van der Waals surface area contributed by atoms with Crippen LogP contribution in [0.1, 0.15) is 36.0 Å². The predicted molar refractivity (Wildman–Crippen MR) is 69.5 cm³/mol. The topological polar surface area (TPSA) is 46.5 Å². The van der Waals surface area contributed by atoms with Gasteiger partial charge in [0.2, 0.25) is 0 Å². The molecular formula is C15H20O3. The summed E-state index contributed by atoms with van der Waals surface area (Å²) in [6.45, 7) is 0. The number of aliphatic hydroxyl groups excluding tert-OH is 1. The minimum absolute atomic E-state index is 0.00131. The van der Waals surface area contributed by atoms with E-state index in [-0.39, 0.29) is 17.8 Å². The van der Waals surface area contributed by atoms with Gasteiger partial charge in [0, 0.05) is 25.0 Å². The lowest BCUT2D eigenvalue weighted by Crippen LogP contribution is -2.38. The summed E-state index contributed by atoms with van der Waals surface area (Å²) in [5.74, 6) is 0.0139. The van der Waals surface area contributed by atoms with Crippen molar-refractivity contribution in [3.8, 4) is 0 Å². The lowest BCUT2D eigenvalue weighted by molar-refractivity contribution is -0.0458. The van der Waals surface area contributed by atoms with Gasteiger partial charge < -0.3 is 9.84 Å². The number of hydrogen-bond acceptors (Lipinski definition) is 3. The van der Waals surface area contributed by atoms with E-state index in [1.165, 1.54) is 0 Å². The molecule has 1 aliphatic carbocycles. The van der Waals surface area contributed by atoms with Crippen molar-refractivity contribution in [1.82, 2.24) is 0 Å². The maximum Gasteiger partial charge on any atom is 0.163 e. The largest absolute Gasteiger partial charge is 0.393 e. The second kappa shape index (κ2) is 6.12. The van der Waals surface area contributed by atoms with Crippen LogP contribution in [0.15, 0.2) is 30.3 Å². The van der Waals surface area contributed by atoms with Gasteiger partial charge in [-0.1, -0.05) is 30.3 Å². The molecule has 1 N–H and O–H groups in total. The molecule has 0 spiro atoms. The van der Waals surface area contributed by atoms with Gasteiger partial charge in [0.05, 0.1) is 12.2 Å². The van der Waals surface area contributed by atoms with Crippen LogP contribution in [0, 0.1) is 5.92 Å². The number of methoxy groups -OCH3 is 1. The summed E-state index contributed by atoms with van der Waals surface area (Å²) < 4.78 is 5.40. The first-order valence-electron chi connectivity index (χ1n) is 6.51. The minimum atomic E-state index is -0.420. The average molecular weight is 248 g/mol. The molecule has 0 heterocycles. The summed E-state index contributed by atoms with van der Waals surface area (Å²) in [6, 6.07) is 9.25. The van der Waals surface area contributed by atoms with E-state index in [0.29, 0.717) is 12.0 Å². The molecule has 1 aromatic rings. The smallest absolute Gasteiger partial charge is 0.163 e. The molecule has 1 fully saturated rings. The third-order valence-corrected chi connectivity index (χ3v) is 3.78. The fourth-order valence-corrected chi connectivity index (χ4v) is 2.72. The van der Waals surface area contributed by atoms with E-state index in [1.54, 1.807) is 7.11 Å². The number of carbonyl (C=O) groups is 1. The molecule has 0 unspecified atom stereocenters. The predicted octanol–water partition coefficient (Wildman–Crippen LogP) is 2.44. The molecule has 0 saturated heterocycles. The molecular weight excluding hydrogens is 228 g/mol. The molecule has 3 nitrogen and oxygen atoms in total. The zero-order valence-electron chi connectivity index (χ0n) is 10.7. The SMILES string of the molecule is CO[C@@H]1CCC[C@@H](O)[C@H]1CC(=O)c1ccccc1. The van der Waals surface area contributed by atoms with E-state index in [0.717, 1.165) is 19.3 Å². The van der Waals surface area contributed by atoms with Crippen molar-refractivity contribution in [1.29, 1.82) is 0 Å². The van der Waals surface area contributed by atoms with Gasteiger partial charge in [0.15, 0.2) is 5.78 Å². The van der Waals surface area contributed by atoms with Crippen molar-refractivity contribution in [3.63, 3.8) is 0 Å². The van der Waals surface area contributed by atoms with Gasteiger partial charge in [-0.25, -0.2) is 0 Å². The first kappa shape index (κ1) is 13.2. The van der Waals surface area contributed by atoms with E-state index in [9.17, 15) is 9.90 Å². The maximum atomic E-state index is 12.2. The van der Waals surface area contributed by atoms with Crippen LogP contribution in [0.25, 0.3) is 0 Å². The Morgan fingerprint density at radius 3 is 2.72 bits per heavy atom. The molecule has 0 bridgehead atoms. The van der Waals surface area contributed by atoms with E-state index in [4.69, 9.17) is 4.74 Å². The molecule has 98 valence electrons. The summed E-state index contributed by atoms with van der Waals surface area (Å²) in [5, 5.41) is 10.0. The number of benzene rings is 1. The maximum absolute atomic E-state index is 12.2. The number of aliphatic hydroxyl groups is 1. The lowest BCUT2D eigenvalue weighted by Gasteiger charge is -2.34. The van der Waals surface area contributed by atoms with Crippen molar-refractivity contribution in [2.75, 3.05) is 7.11 Å². The van der Waals surface area contributed by atoms with Gasteiger partial charge in [0.1, 0.15) is 0 Å². The lowest BCUT2D eigenvalue weighted by atomic mass is 9.80. The van der Waals surface area contributed by atoms with E-state index in [1.807, 2.05) is 30.3 Å². The van der Waals surface area contributed by atoms with Crippen molar-refractivity contribution < 1.29 is 14.6 Å². The summed E-state index contributed by atoms with van der Waals surface area (Å²) in [7, 11) is 1.66. The Kier molecular flexibility index (Phi) is 4.50. The second-order valence-corrected chi connectivity index (χ2v) is 4.93. The second-order valence-electron chi connectivity index (χ2n) is 4.93. The molecule has 0 amide bonds. The molecule has 3 atom stereocenters. The standard InChI is InChI=1S/C15H20O3/c1-18-15-9-5-8-13(16)12(15)10-14(17)11-6-3-2-4-7-11/h2-4,6-7,12-13,15-16H,5,8-10H2,1H3/t12-,13-,15-/m1/s1. The van der Waals surface area contributed by atoms with Crippen molar-refractivity contribution >= 4 is 5.78 Å². The van der Waals surface area contributed by atoms with E-state index >= 15 is 0 Å². The van der Waals surface area contributed by atoms with Crippen LogP contribution in [-0.4, -0.2) is 30.2 Å². The highest BCUT2D eigenvalue weighted by Gasteiger charge is 2.33. The fourth-order valence-electron chi connectivity index (χ4n) is 2.72. The first-order valence-corrected chi connectivity index (χ1v) is 6.51. The summed E-state index contributed by atoms with van der Waals surface area (Å²) in [4.78, 5) is 12.2. The van der Waals surface area contributed by atoms with Gasteiger partial charge in [-0.2, -0.15) is 0 Å². The van der Waals surface area contributed by atoms with Crippen molar-refractivity contribution in [2.24, 2.45) is 5.92 Å². The zero-order chi connectivity index (χ0) is 13.0. The number of carbonyl (C=O) groups excluding carboxylic acids is 1. The molecule has 1 aliphatic rings. The number of ketones is 1. The van der Waals surface area contributed by atoms with Crippen LogP contribution in [0.4, 0.5) is 0 Å². The number of ether oxygens (including phenoxy) is 1. The first-order chi connectivity index (χ1) is 8.72. The van der Waals surface area contributed by atoms with Gasteiger partial charge in [-0.3, -0.25) is 4.79 Å². The Hall–Kier alpha value is -1.19. The molecule has 1 saturated carbocycles. The summed E-state index contributed by atoms with van der Waals surface area (Å²) in [5.41, 5.74) is 0.713. The van der Waals surface area contributed by atoms with Gasteiger partial charge in [0.25, 0.3) is 0 Å². The van der Waals surface area contributed by atoms with Crippen LogP contribution in [0.3, 0.4) is 0 Å². The highest BCUT2D eigenvalue weighted by atomic mass is 16.5. The zero-order valence-corrected chi connectivity index (χ0v) is 10.7. The molecule has 18 heavy (non-hydrogen) atoms. The van der Waals surface area contributed by atoms with Crippen LogP contribution < -0.4 is 0 Å². The van der Waals surface area contributed by atoms with Crippen LogP contribution in [0.5, 0.6) is 0 Å². The molecule has 0 radical (unpaired) electrons. The highest BCUT2D eigenvalue weighted by molar-refractivity contribution is 5.96. The fraction of sp³-hybridized carbons (Fsp3) is 0.533. The summed E-state index contributed by atoms with van der Waals surface area (Å²) in [6.07, 6.45) is 2.62. The Labute approximate surface area is 108 Å². The summed E-state index contributed by atoms with van der Waals surface area (Å²) >= 11 is 0. The Bertz CT molecular complexity index is 388. The monoisotopic (exact) mass is 248 g/mol. The number of rotatable bonds is 4. The van der Waals surface area contributed by atoms with Crippen LogP contribution in [0.2, 0.25) is 0 Å². The number of Topliss-reactive ketones (excluding diaryl/α,β-unsaturated/α-hetero) is 1. The minimum Gasteiger partial charge on any atom is -0.393 e. The Morgan fingerprint density at radius 2 is 2.06 bits per heavy atom. The highest BCUT2D eigenvalue weighted by Crippen LogP contribution is 2.30. The van der Waals surface area contributed by atoms with Gasteiger partial charge in [-0.15, -0.1) is 0 Å². The molecule has 0 aliphatic heterocycles. The molecule has 1 aromatic carbocycles. The van der Waals surface area contributed by atoms with Gasteiger partial charge >= 0.3 is 0 Å². The molecule has 2 rings (SSSR count). The van der Waals surface area contributed by atoms with Crippen LogP contribution >= 0.6 is 0 Å².